The van der Waals surface area contributed by atoms with Crippen molar-refractivity contribution in [3.05, 3.63) is 23.3 Å². The first-order valence-electron chi connectivity index (χ1n) is 3.75. The van der Waals surface area contributed by atoms with Crippen LogP contribution in [0.15, 0.2) is 23.3 Å². The summed E-state index contributed by atoms with van der Waals surface area (Å²) in [6, 6.07) is 0. The van der Waals surface area contributed by atoms with Gasteiger partial charge in [-0.15, -0.1) is 0 Å². The van der Waals surface area contributed by atoms with Gasteiger partial charge in [0, 0.05) is 6.54 Å². The van der Waals surface area contributed by atoms with Gasteiger partial charge in [-0.25, -0.2) is 0 Å². The van der Waals surface area contributed by atoms with Crippen molar-refractivity contribution in [2.45, 2.75) is 27.2 Å². The van der Waals surface area contributed by atoms with E-state index in [1.807, 2.05) is 6.08 Å². The molecule has 2 N–H and O–H groups in total. The molecule has 0 unspecified atom stereocenters. The van der Waals surface area contributed by atoms with Gasteiger partial charge in [0.2, 0.25) is 0 Å². The summed E-state index contributed by atoms with van der Waals surface area (Å²) in [6.45, 7) is 7.04. The lowest BCUT2D eigenvalue weighted by molar-refractivity contribution is 1.09. The van der Waals surface area contributed by atoms with Crippen LogP contribution in [0.2, 0.25) is 0 Å². The van der Waals surface area contributed by atoms with Gasteiger partial charge >= 0.3 is 0 Å². The lowest BCUT2D eigenvalue weighted by Crippen LogP contribution is -1.92. The van der Waals surface area contributed by atoms with Gasteiger partial charge in [-0.2, -0.15) is 0 Å². The Morgan fingerprint density at radius 2 is 2.00 bits per heavy atom. The summed E-state index contributed by atoms with van der Waals surface area (Å²) in [5.74, 6) is 0. The Morgan fingerprint density at radius 1 is 1.40 bits per heavy atom. The van der Waals surface area contributed by atoms with E-state index in [9.17, 15) is 0 Å². The summed E-state index contributed by atoms with van der Waals surface area (Å²) < 4.78 is 0. The van der Waals surface area contributed by atoms with Crippen LogP contribution in [0.1, 0.15) is 27.2 Å². The molecule has 0 aromatic rings. The summed E-state index contributed by atoms with van der Waals surface area (Å²) >= 11 is 0. The van der Waals surface area contributed by atoms with Crippen LogP contribution in [-0.2, 0) is 0 Å². The fourth-order valence-electron chi connectivity index (χ4n) is 0.848. The van der Waals surface area contributed by atoms with Gasteiger partial charge in [-0.1, -0.05) is 24.6 Å². The molecule has 0 aromatic heterocycles. The highest BCUT2D eigenvalue weighted by molar-refractivity contribution is 5.22. The molecule has 0 bridgehead atoms. The van der Waals surface area contributed by atoms with Gasteiger partial charge in [0.25, 0.3) is 0 Å². The minimum Gasteiger partial charge on any atom is -0.327 e. The van der Waals surface area contributed by atoms with Crippen LogP contribution >= 0.6 is 0 Å². The normalized spacial score (nSPS) is 10.4. The summed E-state index contributed by atoms with van der Waals surface area (Å²) in [5, 5.41) is 0. The molecule has 0 spiro atoms. The van der Waals surface area contributed by atoms with E-state index in [1.165, 1.54) is 11.1 Å². The van der Waals surface area contributed by atoms with Gasteiger partial charge in [0.15, 0.2) is 0 Å². The van der Waals surface area contributed by atoms with E-state index in [0.717, 1.165) is 6.42 Å². The van der Waals surface area contributed by atoms with Gasteiger partial charge < -0.3 is 5.73 Å². The molecule has 1 nitrogen and oxygen atoms in total. The Kier molecular flexibility index (Phi) is 4.95. The Morgan fingerprint density at radius 3 is 2.30 bits per heavy atom. The second kappa shape index (κ2) is 5.24. The zero-order chi connectivity index (χ0) is 7.98. The molecule has 10 heavy (non-hydrogen) atoms. The molecule has 0 heterocycles. The van der Waals surface area contributed by atoms with Crippen LogP contribution in [0.5, 0.6) is 0 Å². The van der Waals surface area contributed by atoms with Crippen LogP contribution in [0.25, 0.3) is 0 Å². The van der Waals surface area contributed by atoms with Gasteiger partial charge in [0.05, 0.1) is 0 Å². The molecular formula is C9H17N. The summed E-state index contributed by atoms with van der Waals surface area (Å²) in [6.07, 6.45) is 5.19. The maximum Gasteiger partial charge on any atom is 0.0110 e. The average molecular weight is 139 g/mol. The molecule has 0 atom stereocenters. The van der Waals surface area contributed by atoms with Crippen LogP contribution in [0, 0.1) is 0 Å². The maximum absolute atomic E-state index is 5.32. The SMILES string of the molecule is CCC(/C=C/CN)=C(C)C. The minimum absolute atomic E-state index is 0.636. The molecule has 0 rings (SSSR count). The fourth-order valence-corrected chi connectivity index (χ4v) is 0.848. The molecule has 0 saturated heterocycles. The molecule has 0 aliphatic heterocycles. The smallest absolute Gasteiger partial charge is 0.0110 e. The first-order valence-corrected chi connectivity index (χ1v) is 3.75. The van der Waals surface area contributed by atoms with Crippen molar-refractivity contribution in [2.24, 2.45) is 5.73 Å². The zero-order valence-corrected chi connectivity index (χ0v) is 7.15. The molecule has 0 radical (unpaired) electrons. The van der Waals surface area contributed by atoms with Crippen molar-refractivity contribution < 1.29 is 0 Å². The lowest BCUT2D eigenvalue weighted by Gasteiger charge is -1.98. The van der Waals surface area contributed by atoms with Gasteiger partial charge in [-0.3, -0.25) is 0 Å². The predicted molar refractivity (Wildman–Crippen MR) is 46.9 cm³/mol. The van der Waals surface area contributed by atoms with Crippen molar-refractivity contribution >= 4 is 0 Å². The third-order valence-corrected chi connectivity index (χ3v) is 1.48. The van der Waals surface area contributed by atoms with Crippen LogP contribution in [0.4, 0.5) is 0 Å². The monoisotopic (exact) mass is 139 g/mol. The van der Waals surface area contributed by atoms with Crippen molar-refractivity contribution in [1.29, 1.82) is 0 Å². The Bertz CT molecular complexity index is 139. The quantitative estimate of drug-likeness (QED) is 0.596. The minimum atomic E-state index is 0.636. The molecule has 0 aliphatic carbocycles. The highest BCUT2D eigenvalue weighted by atomic mass is 14.5. The van der Waals surface area contributed by atoms with E-state index < -0.39 is 0 Å². The Balaban J connectivity index is 4.10. The summed E-state index contributed by atoms with van der Waals surface area (Å²) in [5.41, 5.74) is 8.10. The van der Waals surface area contributed by atoms with Gasteiger partial charge in [0.1, 0.15) is 0 Å². The number of nitrogens with two attached hydrogens (primary N) is 1. The van der Waals surface area contributed by atoms with E-state index in [2.05, 4.69) is 26.8 Å². The van der Waals surface area contributed by atoms with Crippen molar-refractivity contribution in [3.63, 3.8) is 0 Å². The standard InChI is InChI=1S/C9H17N/c1-4-9(8(2)3)6-5-7-10/h5-6H,4,7,10H2,1-3H3/b6-5+. The predicted octanol–water partition coefficient (Wildman–Crippen LogP) is 2.25. The van der Waals surface area contributed by atoms with E-state index >= 15 is 0 Å². The van der Waals surface area contributed by atoms with Crippen LogP contribution in [0.3, 0.4) is 0 Å². The van der Waals surface area contributed by atoms with E-state index in [4.69, 9.17) is 5.73 Å². The molecular weight excluding hydrogens is 122 g/mol. The maximum atomic E-state index is 5.32. The molecule has 0 aliphatic rings. The second-order valence-electron chi connectivity index (χ2n) is 2.52. The van der Waals surface area contributed by atoms with Crippen molar-refractivity contribution in [2.75, 3.05) is 6.54 Å². The second-order valence-corrected chi connectivity index (χ2v) is 2.52. The topological polar surface area (TPSA) is 26.0 Å². The summed E-state index contributed by atoms with van der Waals surface area (Å²) in [4.78, 5) is 0. The van der Waals surface area contributed by atoms with Crippen molar-refractivity contribution in [3.8, 4) is 0 Å². The van der Waals surface area contributed by atoms with Crippen LogP contribution in [-0.4, -0.2) is 6.54 Å². The molecule has 0 saturated carbocycles. The van der Waals surface area contributed by atoms with Gasteiger partial charge in [-0.05, 0) is 25.8 Å². The Labute approximate surface area is 63.6 Å². The highest BCUT2D eigenvalue weighted by Crippen LogP contribution is 2.08. The fraction of sp³-hybridized carbons (Fsp3) is 0.556. The molecule has 0 fully saturated rings. The molecule has 0 aromatic carbocycles. The van der Waals surface area contributed by atoms with E-state index in [1.54, 1.807) is 0 Å². The van der Waals surface area contributed by atoms with E-state index in [-0.39, 0.29) is 0 Å². The first kappa shape index (κ1) is 9.44. The zero-order valence-electron chi connectivity index (χ0n) is 7.15. The molecule has 0 amide bonds. The first-order chi connectivity index (χ1) is 4.72. The third kappa shape index (κ3) is 3.46. The Hall–Kier alpha value is -0.560. The highest BCUT2D eigenvalue weighted by Gasteiger charge is 1.88. The summed E-state index contributed by atoms with van der Waals surface area (Å²) in [7, 11) is 0. The molecule has 58 valence electrons. The number of rotatable bonds is 3. The van der Waals surface area contributed by atoms with Crippen molar-refractivity contribution in [1.82, 2.24) is 0 Å². The number of hydrogen-bond donors (Lipinski definition) is 1. The largest absolute Gasteiger partial charge is 0.327 e. The van der Waals surface area contributed by atoms with Crippen LogP contribution < -0.4 is 5.73 Å². The average Bonchev–Trinajstić information content (AvgIpc) is 1.89. The third-order valence-electron chi connectivity index (χ3n) is 1.48. The number of allylic oxidation sites excluding steroid dienone is 3. The molecule has 1 heteroatoms. The number of hydrogen-bond acceptors (Lipinski definition) is 1. The van der Waals surface area contributed by atoms with E-state index in [0.29, 0.717) is 6.54 Å². The lowest BCUT2D eigenvalue weighted by atomic mass is 10.1.